The highest BCUT2D eigenvalue weighted by Crippen LogP contribution is 1.91. The Balaban J connectivity index is 3.50. The average Bonchev–Trinajstić information content (AvgIpc) is 2.04. The molecule has 0 bridgehead atoms. The number of amides is 1. The number of rotatable bonds is 5. The van der Waals surface area contributed by atoms with E-state index in [9.17, 15) is 9.59 Å². The van der Waals surface area contributed by atoms with E-state index in [1.807, 2.05) is 6.92 Å². The summed E-state index contributed by atoms with van der Waals surface area (Å²) in [5.41, 5.74) is 0.324. The van der Waals surface area contributed by atoms with Gasteiger partial charge in [0.2, 0.25) is 5.91 Å². The minimum absolute atomic E-state index is 0.0788. The number of carbonyl (C=O) groups excluding carboxylic acids is 2. The molecule has 0 aromatic rings. The third kappa shape index (κ3) is 5.90. The zero-order valence-corrected chi connectivity index (χ0v) is 8.05. The van der Waals surface area contributed by atoms with E-state index in [0.29, 0.717) is 12.0 Å². The van der Waals surface area contributed by atoms with Gasteiger partial charge in [0.25, 0.3) is 0 Å². The number of hydrogen-bond acceptors (Lipinski definition) is 3. The fourth-order valence-electron chi connectivity index (χ4n) is 0.621. The van der Waals surface area contributed by atoms with Crippen LogP contribution in [0.15, 0.2) is 12.2 Å². The SMILES string of the molecule is C=C(C)C(=O)OCNC(=O)CCC. The molecule has 13 heavy (non-hydrogen) atoms. The van der Waals surface area contributed by atoms with Gasteiger partial charge in [-0.25, -0.2) is 4.79 Å². The van der Waals surface area contributed by atoms with Gasteiger partial charge >= 0.3 is 5.97 Å². The molecular weight excluding hydrogens is 170 g/mol. The number of esters is 1. The molecule has 0 heterocycles. The Kier molecular flexibility index (Phi) is 5.59. The lowest BCUT2D eigenvalue weighted by atomic mass is 10.3. The lowest BCUT2D eigenvalue weighted by molar-refractivity contribution is -0.140. The number of nitrogens with one attached hydrogen (secondary N) is 1. The molecule has 0 saturated heterocycles. The van der Waals surface area contributed by atoms with Gasteiger partial charge in [0.15, 0.2) is 6.73 Å². The lowest BCUT2D eigenvalue weighted by Crippen LogP contribution is -2.27. The maximum atomic E-state index is 10.9. The Morgan fingerprint density at radius 3 is 2.54 bits per heavy atom. The van der Waals surface area contributed by atoms with Crippen LogP contribution in [0.5, 0.6) is 0 Å². The van der Waals surface area contributed by atoms with Gasteiger partial charge in [-0.3, -0.25) is 4.79 Å². The van der Waals surface area contributed by atoms with Gasteiger partial charge in [0.05, 0.1) is 0 Å². The Labute approximate surface area is 78.0 Å². The Hall–Kier alpha value is -1.32. The smallest absolute Gasteiger partial charge is 0.334 e. The van der Waals surface area contributed by atoms with Gasteiger partial charge < -0.3 is 10.1 Å². The first-order chi connectivity index (χ1) is 6.07. The second-order valence-corrected chi connectivity index (χ2v) is 2.71. The van der Waals surface area contributed by atoms with E-state index in [0.717, 1.165) is 6.42 Å². The zero-order chi connectivity index (χ0) is 10.3. The van der Waals surface area contributed by atoms with E-state index >= 15 is 0 Å². The van der Waals surface area contributed by atoms with Crippen LogP contribution in [-0.2, 0) is 14.3 Å². The molecule has 0 unspecified atom stereocenters. The fourth-order valence-corrected chi connectivity index (χ4v) is 0.621. The van der Waals surface area contributed by atoms with Crippen molar-refractivity contribution in [3.8, 4) is 0 Å². The maximum absolute atomic E-state index is 10.9. The Morgan fingerprint density at radius 1 is 1.46 bits per heavy atom. The standard InChI is InChI=1S/C9H15NO3/c1-4-5-8(11)10-6-13-9(12)7(2)3/h2,4-6H2,1,3H3,(H,10,11). The molecule has 0 aliphatic carbocycles. The van der Waals surface area contributed by atoms with Crippen LogP contribution in [0, 0.1) is 0 Å². The first kappa shape index (κ1) is 11.7. The molecule has 0 radical (unpaired) electrons. The van der Waals surface area contributed by atoms with Crippen LogP contribution in [-0.4, -0.2) is 18.6 Å². The summed E-state index contributed by atoms with van der Waals surface area (Å²) in [6.07, 6.45) is 1.23. The van der Waals surface area contributed by atoms with Crippen LogP contribution in [0.3, 0.4) is 0 Å². The quantitative estimate of drug-likeness (QED) is 0.394. The molecule has 0 aromatic heterocycles. The second kappa shape index (κ2) is 6.22. The van der Waals surface area contributed by atoms with Gasteiger partial charge in [-0.1, -0.05) is 13.5 Å². The zero-order valence-electron chi connectivity index (χ0n) is 8.05. The van der Waals surface area contributed by atoms with Crippen LogP contribution < -0.4 is 5.32 Å². The van der Waals surface area contributed by atoms with E-state index < -0.39 is 5.97 Å². The van der Waals surface area contributed by atoms with Crippen LogP contribution in [0.2, 0.25) is 0 Å². The predicted octanol–water partition coefficient (Wildman–Crippen LogP) is 0.980. The molecule has 0 rings (SSSR count). The van der Waals surface area contributed by atoms with Crippen molar-refractivity contribution in [3.63, 3.8) is 0 Å². The van der Waals surface area contributed by atoms with Gasteiger partial charge in [-0.15, -0.1) is 0 Å². The highest BCUT2D eigenvalue weighted by Gasteiger charge is 2.03. The van der Waals surface area contributed by atoms with Gasteiger partial charge in [0, 0.05) is 12.0 Å². The minimum atomic E-state index is -0.489. The van der Waals surface area contributed by atoms with E-state index in [4.69, 9.17) is 0 Å². The van der Waals surface area contributed by atoms with Crippen molar-refractivity contribution in [2.75, 3.05) is 6.73 Å². The van der Waals surface area contributed by atoms with Crippen molar-refractivity contribution in [2.45, 2.75) is 26.7 Å². The average molecular weight is 185 g/mol. The molecule has 0 aromatic carbocycles. The highest BCUT2D eigenvalue weighted by molar-refractivity contribution is 5.87. The van der Waals surface area contributed by atoms with E-state index in [-0.39, 0.29) is 12.6 Å². The largest absolute Gasteiger partial charge is 0.441 e. The van der Waals surface area contributed by atoms with Crippen LogP contribution in [0.1, 0.15) is 26.7 Å². The molecule has 0 saturated carbocycles. The molecule has 1 N–H and O–H groups in total. The first-order valence-corrected chi connectivity index (χ1v) is 4.17. The topological polar surface area (TPSA) is 55.4 Å². The molecular formula is C9H15NO3. The highest BCUT2D eigenvalue weighted by atomic mass is 16.5. The summed E-state index contributed by atoms with van der Waals surface area (Å²) in [4.78, 5) is 21.7. The fraction of sp³-hybridized carbons (Fsp3) is 0.556. The van der Waals surface area contributed by atoms with Crippen molar-refractivity contribution in [1.82, 2.24) is 5.32 Å². The molecule has 0 fully saturated rings. The van der Waals surface area contributed by atoms with E-state index in [1.165, 1.54) is 0 Å². The lowest BCUT2D eigenvalue weighted by Gasteiger charge is -2.05. The van der Waals surface area contributed by atoms with E-state index in [1.54, 1.807) is 6.92 Å². The number of hydrogen-bond donors (Lipinski definition) is 1. The third-order valence-corrected chi connectivity index (χ3v) is 1.30. The van der Waals surface area contributed by atoms with Gasteiger partial charge in [-0.2, -0.15) is 0 Å². The monoisotopic (exact) mass is 185 g/mol. The first-order valence-electron chi connectivity index (χ1n) is 4.17. The van der Waals surface area contributed by atoms with Crippen LogP contribution in [0.4, 0.5) is 0 Å². The maximum Gasteiger partial charge on any atom is 0.334 e. The normalized spacial score (nSPS) is 9.08. The summed E-state index contributed by atoms with van der Waals surface area (Å²) in [5, 5.41) is 2.45. The predicted molar refractivity (Wildman–Crippen MR) is 48.8 cm³/mol. The summed E-state index contributed by atoms with van der Waals surface area (Å²) in [6.45, 7) is 6.78. The van der Waals surface area contributed by atoms with Crippen molar-refractivity contribution >= 4 is 11.9 Å². The third-order valence-electron chi connectivity index (χ3n) is 1.30. The van der Waals surface area contributed by atoms with Crippen LogP contribution >= 0.6 is 0 Å². The summed E-state index contributed by atoms with van der Waals surface area (Å²) in [5.74, 6) is -0.603. The summed E-state index contributed by atoms with van der Waals surface area (Å²) in [6, 6.07) is 0. The van der Waals surface area contributed by atoms with Gasteiger partial charge in [-0.05, 0) is 13.3 Å². The molecule has 0 atom stereocenters. The Bertz CT molecular complexity index is 211. The van der Waals surface area contributed by atoms with Crippen molar-refractivity contribution < 1.29 is 14.3 Å². The molecule has 1 amide bonds. The van der Waals surface area contributed by atoms with Gasteiger partial charge in [0.1, 0.15) is 0 Å². The summed E-state index contributed by atoms with van der Waals surface area (Å²) < 4.78 is 4.65. The molecule has 4 heteroatoms. The van der Waals surface area contributed by atoms with E-state index in [2.05, 4.69) is 16.6 Å². The number of ether oxygens (including phenoxy) is 1. The minimum Gasteiger partial charge on any atom is -0.441 e. The molecule has 0 aliphatic rings. The molecule has 4 nitrogen and oxygen atoms in total. The number of carbonyl (C=O) groups is 2. The molecule has 0 aliphatic heterocycles. The van der Waals surface area contributed by atoms with Crippen LogP contribution in [0.25, 0.3) is 0 Å². The van der Waals surface area contributed by atoms with Crippen molar-refractivity contribution in [3.05, 3.63) is 12.2 Å². The van der Waals surface area contributed by atoms with Crippen molar-refractivity contribution in [1.29, 1.82) is 0 Å². The summed E-state index contributed by atoms with van der Waals surface area (Å²) in [7, 11) is 0. The van der Waals surface area contributed by atoms with Crippen molar-refractivity contribution in [2.24, 2.45) is 0 Å². The molecule has 74 valence electrons. The Morgan fingerprint density at radius 2 is 2.08 bits per heavy atom. The molecule has 0 spiro atoms. The second-order valence-electron chi connectivity index (χ2n) is 2.71. The summed E-state index contributed by atoms with van der Waals surface area (Å²) >= 11 is 0.